The van der Waals surface area contributed by atoms with Gasteiger partial charge in [0, 0.05) is 18.9 Å². The molecule has 5 heteroatoms. The average Bonchev–Trinajstić information content (AvgIpc) is 2.93. The van der Waals surface area contributed by atoms with Crippen LogP contribution in [0.25, 0.3) is 0 Å². The van der Waals surface area contributed by atoms with Gasteiger partial charge < -0.3 is 5.11 Å². The summed E-state index contributed by atoms with van der Waals surface area (Å²) < 4.78 is 13.1. The highest BCUT2D eigenvalue weighted by Gasteiger charge is 2.32. The normalized spacial score (nSPS) is 17.5. The number of carbonyl (C=O) groups excluding carboxylic acids is 1. The molecule has 0 bridgehead atoms. The zero-order chi connectivity index (χ0) is 15.7. The van der Waals surface area contributed by atoms with E-state index in [4.69, 9.17) is 0 Å². The number of phenolic OH excluding ortho intramolecular Hbond substituents is 1. The number of phenols is 1. The number of nitrogens with zero attached hydrogens (tertiary/aromatic N) is 2. The van der Waals surface area contributed by atoms with Crippen molar-refractivity contribution < 1.29 is 14.3 Å². The predicted molar refractivity (Wildman–Crippen MR) is 80.9 cm³/mol. The van der Waals surface area contributed by atoms with E-state index in [1.807, 2.05) is 0 Å². The molecule has 0 saturated heterocycles. The fraction of sp³-hybridized carbons (Fsp3) is 0.176. The molecule has 1 heterocycles. The summed E-state index contributed by atoms with van der Waals surface area (Å²) in [4.78, 5) is 11.8. The van der Waals surface area contributed by atoms with Gasteiger partial charge in [-0.25, -0.2) is 9.40 Å². The van der Waals surface area contributed by atoms with Crippen LogP contribution in [0.5, 0.6) is 5.75 Å². The minimum Gasteiger partial charge on any atom is -0.507 e. The Balaban J connectivity index is 1.96. The number of hydrazone groups is 1. The summed E-state index contributed by atoms with van der Waals surface area (Å²) in [7, 11) is 0. The van der Waals surface area contributed by atoms with Crippen LogP contribution in [0, 0.1) is 5.82 Å². The molecule has 0 aromatic heterocycles. The highest BCUT2D eigenvalue weighted by molar-refractivity contribution is 6.05. The molecule has 0 radical (unpaired) electrons. The highest BCUT2D eigenvalue weighted by Crippen LogP contribution is 2.34. The largest absolute Gasteiger partial charge is 0.507 e. The molecule has 0 saturated carbocycles. The molecular formula is C17H15FN2O2. The third-order valence-corrected chi connectivity index (χ3v) is 3.70. The number of aromatic hydroxyl groups is 1. The summed E-state index contributed by atoms with van der Waals surface area (Å²) in [5.74, 6) is -0.387. The number of benzene rings is 2. The van der Waals surface area contributed by atoms with Gasteiger partial charge in [-0.2, -0.15) is 5.10 Å². The Bertz CT molecular complexity index is 741. The zero-order valence-electron chi connectivity index (χ0n) is 12.0. The minimum absolute atomic E-state index is 0.129. The number of para-hydroxylation sites is 1. The Morgan fingerprint density at radius 1 is 1.23 bits per heavy atom. The number of carbonyl (C=O) groups is 1. The first-order valence-electron chi connectivity index (χ1n) is 6.97. The van der Waals surface area contributed by atoms with E-state index in [9.17, 15) is 14.3 Å². The summed E-state index contributed by atoms with van der Waals surface area (Å²) in [5, 5.41) is 15.7. The van der Waals surface area contributed by atoms with E-state index in [2.05, 4.69) is 5.10 Å². The molecule has 1 amide bonds. The van der Waals surface area contributed by atoms with Crippen molar-refractivity contribution in [3.63, 3.8) is 0 Å². The second-order valence-electron chi connectivity index (χ2n) is 5.20. The highest BCUT2D eigenvalue weighted by atomic mass is 19.1. The summed E-state index contributed by atoms with van der Waals surface area (Å²) in [6.45, 7) is 1.44. The molecule has 1 aliphatic rings. The molecule has 1 N–H and O–H groups in total. The van der Waals surface area contributed by atoms with E-state index in [1.54, 1.807) is 36.4 Å². The first kappa shape index (κ1) is 14.3. The van der Waals surface area contributed by atoms with E-state index >= 15 is 0 Å². The molecule has 112 valence electrons. The van der Waals surface area contributed by atoms with E-state index in [-0.39, 0.29) is 23.5 Å². The molecule has 1 atom stereocenters. The lowest BCUT2D eigenvalue weighted by atomic mass is 9.98. The number of hydrogen-bond donors (Lipinski definition) is 1. The Morgan fingerprint density at radius 2 is 1.91 bits per heavy atom. The SMILES string of the molecule is CC(=O)N1N=C(c2ccccc2O)CC1c1ccc(F)cc1. The van der Waals surface area contributed by atoms with Gasteiger partial charge in [0.15, 0.2) is 0 Å². The van der Waals surface area contributed by atoms with Crippen molar-refractivity contribution in [3.05, 3.63) is 65.5 Å². The molecular weight excluding hydrogens is 283 g/mol. The molecule has 0 spiro atoms. The smallest absolute Gasteiger partial charge is 0.240 e. The lowest BCUT2D eigenvalue weighted by Gasteiger charge is -2.20. The van der Waals surface area contributed by atoms with Gasteiger partial charge in [-0.15, -0.1) is 0 Å². The van der Waals surface area contributed by atoms with Crippen LogP contribution in [0.4, 0.5) is 4.39 Å². The fourth-order valence-corrected chi connectivity index (χ4v) is 2.63. The summed E-state index contributed by atoms with van der Waals surface area (Å²) in [6.07, 6.45) is 0.475. The van der Waals surface area contributed by atoms with Crippen molar-refractivity contribution in [2.45, 2.75) is 19.4 Å². The second-order valence-corrected chi connectivity index (χ2v) is 5.20. The summed E-state index contributed by atoms with van der Waals surface area (Å²) in [6, 6.07) is 12.6. The maximum atomic E-state index is 13.1. The zero-order valence-corrected chi connectivity index (χ0v) is 12.0. The van der Waals surface area contributed by atoms with Crippen LogP contribution in [-0.4, -0.2) is 21.7 Å². The van der Waals surface area contributed by atoms with Crippen LogP contribution in [-0.2, 0) is 4.79 Å². The lowest BCUT2D eigenvalue weighted by Crippen LogP contribution is -2.24. The minimum atomic E-state index is -0.321. The Kier molecular flexibility index (Phi) is 3.63. The van der Waals surface area contributed by atoms with Crippen molar-refractivity contribution in [3.8, 4) is 5.75 Å². The molecule has 2 aromatic carbocycles. The predicted octanol–water partition coefficient (Wildman–Crippen LogP) is 3.23. The third-order valence-electron chi connectivity index (χ3n) is 3.70. The monoisotopic (exact) mass is 298 g/mol. The van der Waals surface area contributed by atoms with Gasteiger partial charge in [0.1, 0.15) is 11.6 Å². The van der Waals surface area contributed by atoms with Crippen LogP contribution >= 0.6 is 0 Å². The maximum absolute atomic E-state index is 13.1. The van der Waals surface area contributed by atoms with E-state index in [0.29, 0.717) is 17.7 Å². The first-order valence-corrected chi connectivity index (χ1v) is 6.97. The second kappa shape index (κ2) is 5.60. The number of hydrogen-bond acceptors (Lipinski definition) is 3. The van der Waals surface area contributed by atoms with Crippen molar-refractivity contribution in [2.24, 2.45) is 5.10 Å². The number of halogens is 1. The van der Waals surface area contributed by atoms with Crippen molar-refractivity contribution in [1.82, 2.24) is 5.01 Å². The van der Waals surface area contributed by atoms with Crippen LogP contribution < -0.4 is 0 Å². The van der Waals surface area contributed by atoms with Crippen LogP contribution in [0.1, 0.15) is 30.5 Å². The molecule has 22 heavy (non-hydrogen) atoms. The molecule has 0 fully saturated rings. The van der Waals surface area contributed by atoms with Crippen LogP contribution in [0.2, 0.25) is 0 Å². The van der Waals surface area contributed by atoms with Gasteiger partial charge in [0.05, 0.1) is 11.8 Å². The van der Waals surface area contributed by atoms with Crippen molar-refractivity contribution in [2.75, 3.05) is 0 Å². The molecule has 1 unspecified atom stereocenters. The van der Waals surface area contributed by atoms with Crippen LogP contribution in [0.15, 0.2) is 53.6 Å². The van der Waals surface area contributed by atoms with Gasteiger partial charge in [-0.1, -0.05) is 24.3 Å². The van der Waals surface area contributed by atoms with Crippen molar-refractivity contribution >= 4 is 11.6 Å². The molecule has 1 aliphatic heterocycles. The Hall–Kier alpha value is -2.69. The molecule has 0 aliphatic carbocycles. The fourth-order valence-electron chi connectivity index (χ4n) is 2.63. The molecule has 4 nitrogen and oxygen atoms in total. The van der Waals surface area contributed by atoms with Gasteiger partial charge >= 0.3 is 0 Å². The average molecular weight is 298 g/mol. The summed E-state index contributed by atoms with van der Waals surface area (Å²) in [5.41, 5.74) is 2.06. The maximum Gasteiger partial charge on any atom is 0.240 e. The number of rotatable bonds is 2. The molecule has 2 aromatic rings. The first-order chi connectivity index (χ1) is 10.6. The van der Waals surface area contributed by atoms with Crippen molar-refractivity contribution in [1.29, 1.82) is 0 Å². The van der Waals surface area contributed by atoms with E-state index in [1.165, 1.54) is 24.1 Å². The van der Waals surface area contributed by atoms with Gasteiger partial charge in [-0.3, -0.25) is 4.79 Å². The third kappa shape index (κ3) is 2.57. The lowest BCUT2D eigenvalue weighted by molar-refractivity contribution is -0.130. The number of amides is 1. The standard InChI is InChI=1S/C17H15FN2O2/c1-11(21)20-16(12-6-8-13(18)9-7-12)10-15(19-20)14-4-2-3-5-17(14)22/h2-9,16,22H,10H2,1H3. The Labute approximate surface area is 127 Å². The quantitative estimate of drug-likeness (QED) is 0.925. The van der Waals surface area contributed by atoms with Crippen LogP contribution in [0.3, 0.4) is 0 Å². The Morgan fingerprint density at radius 3 is 2.55 bits per heavy atom. The van der Waals surface area contributed by atoms with Gasteiger partial charge in [-0.05, 0) is 29.8 Å². The van der Waals surface area contributed by atoms with Gasteiger partial charge in [0.2, 0.25) is 5.91 Å². The van der Waals surface area contributed by atoms with E-state index < -0.39 is 0 Å². The van der Waals surface area contributed by atoms with E-state index in [0.717, 1.165) is 5.56 Å². The summed E-state index contributed by atoms with van der Waals surface area (Å²) >= 11 is 0. The molecule has 3 rings (SSSR count). The topological polar surface area (TPSA) is 52.9 Å². The van der Waals surface area contributed by atoms with Gasteiger partial charge in [0.25, 0.3) is 0 Å².